The number of hydrogen-bond acceptors (Lipinski definition) is 6. The maximum Gasteiger partial charge on any atom is 0.231 e. The van der Waals surface area contributed by atoms with E-state index in [2.05, 4.69) is 18.8 Å². The Bertz CT molecular complexity index is 783. The largest absolute Gasteiger partial charge is 0.454 e. The predicted octanol–water partition coefficient (Wildman–Crippen LogP) is 3.37. The van der Waals surface area contributed by atoms with Crippen LogP contribution in [0.5, 0.6) is 11.5 Å². The van der Waals surface area contributed by atoms with Crippen molar-refractivity contribution in [2.24, 2.45) is 11.1 Å². The molecular weight excluding hydrogens is 409 g/mol. The number of hydrogen-bond donors (Lipinski definition) is 1. The van der Waals surface area contributed by atoms with E-state index in [1.54, 1.807) is 4.90 Å². The summed E-state index contributed by atoms with van der Waals surface area (Å²) in [5.74, 6) is 1.53. The van der Waals surface area contributed by atoms with Crippen LogP contribution >= 0.6 is 36.2 Å². The van der Waals surface area contributed by atoms with Crippen LogP contribution in [0.1, 0.15) is 19.5 Å². The number of rotatable bonds is 6. The summed E-state index contributed by atoms with van der Waals surface area (Å²) < 4.78 is 10.7. The fourth-order valence-electron chi connectivity index (χ4n) is 2.63. The van der Waals surface area contributed by atoms with E-state index < -0.39 is 0 Å². The van der Waals surface area contributed by atoms with Crippen LogP contribution in [0, 0.1) is 5.41 Å². The summed E-state index contributed by atoms with van der Waals surface area (Å²) in [4.78, 5) is 18.7. The molecule has 2 heterocycles. The van der Waals surface area contributed by atoms with Crippen LogP contribution < -0.4 is 15.2 Å². The number of nitrogens with two attached hydrogens (primary N) is 1. The molecule has 27 heavy (non-hydrogen) atoms. The molecule has 0 saturated heterocycles. The number of thiazole rings is 1. The zero-order chi connectivity index (χ0) is 18.0. The first kappa shape index (κ1) is 23.5. The lowest BCUT2D eigenvalue weighted by atomic mass is 9.93. The van der Waals surface area contributed by atoms with Gasteiger partial charge in [-0.3, -0.25) is 4.79 Å². The minimum atomic E-state index is -0.0931. The number of nitrogens with zero attached hydrogens (tertiary/aromatic N) is 2. The van der Waals surface area contributed by atoms with Gasteiger partial charge in [0.05, 0.1) is 12.1 Å². The highest BCUT2D eigenvalue weighted by Crippen LogP contribution is 2.36. The Balaban J connectivity index is 0.00000182. The molecule has 0 saturated carbocycles. The third kappa shape index (κ3) is 5.72. The summed E-state index contributed by atoms with van der Waals surface area (Å²) in [5.41, 5.74) is 7.39. The Labute approximate surface area is 175 Å². The van der Waals surface area contributed by atoms with Crippen molar-refractivity contribution in [2.75, 3.05) is 26.9 Å². The lowest BCUT2D eigenvalue weighted by Gasteiger charge is -2.28. The van der Waals surface area contributed by atoms with E-state index in [4.69, 9.17) is 15.2 Å². The van der Waals surface area contributed by atoms with Gasteiger partial charge in [-0.1, -0.05) is 13.8 Å². The Morgan fingerprint density at radius 1 is 1.30 bits per heavy atom. The SMILES string of the molecule is CN(CC(C)(C)CN)C(=O)Cc1csc(-c2ccc3c(c2)OCO3)n1.Cl.Cl. The van der Waals surface area contributed by atoms with Crippen molar-refractivity contribution >= 4 is 42.1 Å². The number of halogens is 2. The van der Waals surface area contributed by atoms with Gasteiger partial charge < -0.3 is 20.1 Å². The number of carbonyl (C=O) groups excluding carboxylic acids is 1. The summed E-state index contributed by atoms with van der Waals surface area (Å²) in [6, 6.07) is 5.75. The van der Waals surface area contributed by atoms with E-state index in [1.165, 1.54) is 11.3 Å². The first-order valence-corrected chi connectivity index (χ1v) is 9.04. The highest BCUT2D eigenvalue weighted by molar-refractivity contribution is 7.13. The molecule has 1 amide bonds. The zero-order valence-electron chi connectivity index (χ0n) is 15.6. The lowest BCUT2D eigenvalue weighted by Crippen LogP contribution is -2.40. The molecule has 9 heteroatoms. The monoisotopic (exact) mass is 433 g/mol. The average molecular weight is 434 g/mol. The van der Waals surface area contributed by atoms with Gasteiger partial charge in [0, 0.05) is 24.5 Å². The number of carbonyl (C=O) groups is 1. The topological polar surface area (TPSA) is 77.7 Å². The Morgan fingerprint density at radius 2 is 2.00 bits per heavy atom. The molecule has 1 aromatic carbocycles. The first-order chi connectivity index (χ1) is 11.9. The van der Waals surface area contributed by atoms with E-state index in [0.717, 1.165) is 27.8 Å². The summed E-state index contributed by atoms with van der Waals surface area (Å²) in [6.07, 6.45) is 0.290. The van der Waals surface area contributed by atoms with E-state index in [0.29, 0.717) is 13.1 Å². The molecule has 2 N–H and O–H groups in total. The van der Waals surface area contributed by atoms with Gasteiger partial charge in [-0.25, -0.2) is 4.98 Å². The maximum atomic E-state index is 12.4. The minimum absolute atomic E-state index is 0. The fourth-order valence-corrected chi connectivity index (χ4v) is 3.45. The number of aromatic nitrogens is 1. The molecule has 0 aliphatic carbocycles. The first-order valence-electron chi connectivity index (χ1n) is 8.16. The third-order valence-corrected chi connectivity index (χ3v) is 5.09. The van der Waals surface area contributed by atoms with Crippen molar-refractivity contribution in [1.29, 1.82) is 0 Å². The van der Waals surface area contributed by atoms with Gasteiger partial charge in [0.25, 0.3) is 0 Å². The second kappa shape index (κ2) is 9.59. The van der Waals surface area contributed by atoms with Gasteiger partial charge in [-0.2, -0.15) is 0 Å². The quantitative estimate of drug-likeness (QED) is 0.755. The number of fused-ring (bicyclic) bond motifs is 1. The van der Waals surface area contributed by atoms with Crippen molar-refractivity contribution < 1.29 is 14.3 Å². The van der Waals surface area contributed by atoms with Crippen molar-refractivity contribution in [3.63, 3.8) is 0 Å². The van der Waals surface area contributed by atoms with Gasteiger partial charge >= 0.3 is 0 Å². The van der Waals surface area contributed by atoms with Crippen LogP contribution in [-0.4, -0.2) is 42.7 Å². The van der Waals surface area contributed by atoms with Crippen LogP contribution in [0.2, 0.25) is 0 Å². The minimum Gasteiger partial charge on any atom is -0.454 e. The van der Waals surface area contributed by atoms with Gasteiger partial charge in [0.15, 0.2) is 11.5 Å². The molecule has 1 aliphatic rings. The van der Waals surface area contributed by atoms with E-state index in [-0.39, 0.29) is 49.4 Å². The number of likely N-dealkylation sites (N-methyl/N-ethyl adjacent to an activating group) is 1. The molecule has 150 valence electrons. The number of ether oxygens (including phenoxy) is 2. The van der Waals surface area contributed by atoms with E-state index >= 15 is 0 Å². The van der Waals surface area contributed by atoms with Crippen LogP contribution in [0.4, 0.5) is 0 Å². The molecule has 0 fully saturated rings. The maximum absolute atomic E-state index is 12.4. The van der Waals surface area contributed by atoms with Crippen molar-refractivity contribution in [1.82, 2.24) is 9.88 Å². The van der Waals surface area contributed by atoms with Crippen LogP contribution in [-0.2, 0) is 11.2 Å². The van der Waals surface area contributed by atoms with Crippen molar-refractivity contribution in [2.45, 2.75) is 20.3 Å². The molecule has 1 aliphatic heterocycles. The highest BCUT2D eigenvalue weighted by atomic mass is 35.5. The van der Waals surface area contributed by atoms with Crippen LogP contribution in [0.3, 0.4) is 0 Å². The number of benzene rings is 1. The number of amides is 1. The van der Waals surface area contributed by atoms with Gasteiger partial charge in [0.1, 0.15) is 5.01 Å². The Morgan fingerprint density at radius 3 is 2.70 bits per heavy atom. The molecule has 0 spiro atoms. The molecule has 0 bridgehead atoms. The summed E-state index contributed by atoms with van der Waals surface area (Å²) in [7, 11) is 1.81. The normalized spacial score (nSPS) is 12.1. The van der Waals surface area contributed by atoms with Crippen LogP contribution in [0.25, 0.3) is 10.6 Å². The third-order valence-electron chi connectivity index (χ3n) is 4.15. The van der Waals surface area contributed by atoms with E-state index in [1.807, 2.05) is 30.6 Å². The summed E-state index contributed by atoms with van der Waals surface area (Å²) in [5, 5.41) is 2.80. The Kier molecular flexibility index (Phi) is 8.35. The van der Waals surface area contributed by atoms with Crippen LogP contribution in [0.15, 0.2) is 23.6 Å². The van der Waals surface area contributed by atoms with E-state index in [9.17, 15) is 4.79 Å². The van der Waals surface area contributed by atoms with Crippen molar-refractivity contribution in [3.05, 3.63) is 29.3 Å². The average Bonchev–Trinajstić information content (AvgIpc) is 3.22. The molecule has 3 rings (SSSR count). The standard InChI is InChI=1S/C18H23N3O3S.2ClH/c1-18(2,9-19)10-21(3)16(22)7-13-8-25-17(20-13)12-4-5-14-15(6-12)24-11-23-14;;/h4-6,8H,7,9-11,19H2,1-3H3;2*1H. The molecular formula is C18H25Cl2N3O3S. The molecule has 0 atom stereocenters. The fraction of sp³-hybridized carbons (Fsp3) is 0.444. The summed E-state index contributed by atoms with van der Waals surface area (Å²) >= 11 is 1.52. The second-order valence-corrected chi connectivity index (χ2v) is 7.87. The Hall–Kier alpha value is -1.54. The molecule has 6 nitrogen and oxygen atoms in total. The van der Waals surface area contributed by atoms with Gasteiger partial charge in [-0.15, -0.1) is 36.2 Å². The highest BCUT2D eigenvalue weighted by Gasteiger charge is 2.22. The second-order valence-electron chi connectivity index (χ2n) is 7.01. The van der Waals surface area contributed by atoms with Gasteiger partial charge in [-0.05, 0) is 30.2 Å². The van der Waals surface area contributed by atoms with Gasteiger partial charge in [0.2, 0.25) is 12.7 Å². The lowest BCUT2D eigenvalue weighted by molar-refractivity contribution is -0.130. The zero-order valence-corrected chi connectivity index (χ0v) is 18.0. The molecule has 0 radical (unpaired) electrons. The molecule has 2 aromatic rings. The summed E-state index contributed by atoms with van der Waals surface area (Å²) in [6.45, 7) is 5.52. The predicted molar refractivity (Wildman–Crippen MR) is 112 cm³/mol. The molecule has 1 aromatic heterocycles. The molecule has 0 unspecified atom stereocenters. The smallest absolute Gasteiger partial charge is 0.231 e. The van der Waals surface area contributed by atoms with Crippen molar-refractivity contribution in [3.8, 4) is 22.1 Å².